The van der Waals surface area contributed by atoms with Crippen molar-refractivity contribution in [1.29, 1.82) is 0 Å². The molecule has 4 rings (SSSR count). The highest BCUT2D eigenvalue weighted by atomic mass is 35.5. The van der Waals surface area contributed by atoms with Crippen LogP contribution in [0, 0.1) is 0 Å². The fourth-order valence-electron chi connectivity index (χ4n) is 2.89. The van der Waals surface area contributed by atoms with Crippen LogP contribution in [0.15, 0.2) is 48.5 Å². The third-order valence-electron chi connectivity index (χ3n) is 3.99. The molecule has 120 valence electrons. The number of fused-ring (bicyclic) bond motifs is 1. The van der Waals surface area contributed by atoms with Gasteiger partial charge in [0.2, 0.25) is 17.2 Å². The highest BCUT2D eigenvalue weighted by Gasteiger charge is 2.12. The number of para-hydroxylation sites is 1. The smallest absolute Gasteiger partial charge is 0.233 e. The lowest BCUT2D eigenvalue weighted by molar-refractivity contribution is 0.912. The Morgan fingerprint density at radius 1 is 0.750 bits per heavy atom. The summed E-state index contributed by atoms with van der Waals surface area (Å²) in [5, 5.41) is 6.49. The molecule has 1 aromatic heterocycles. The number of hydrogen-bond donors (Lipinski definition) is 2. The van der Waals surface area contributed by atoms with Crippen molar-refractivity contribution in [3.63, 3.8) is 0 Å². The number of nitrogens with one attached hydrogen (secondary N) is 2. The molecule has 0 saturated heterocycles. The summed E-state index contributed by atoms with van der Waals surface area (Å²) >= 11 is 6.03. The third-order valence-corrected chi connectivity index (χ3v) is 4.16. The monoisotopic (exact) mass is 337 g/mol. The van der Waals surface area contributed by atoms with E-state index in [1.165, 1.54) is 24.0 Å². The van der Waals surface area contributed by atoms with Crippen molar-refractivity contribution in [2.24, 2.45) is 0 Å². The largest absolute Gasteiger partial charge is 0.324 e. The van der Waals surface area contributed by atoms with Gasteiger partial charge in [-0.05, 0) is 66.3 Å². The molecular weight excluding hydrogens is 322 g/mol. The van der Waals surface area contributed by atoms with Crippen LogP contribution in [0.25, 0.3) is 0 Å². The number of hydrogen-bond acceptors (Lipinski definition) is 5. The van der Waals surface area contributed by atoms with Gasteiger partial charge in [-0.25, -0.2) is 0 Å². The summed E-state index contributed by atoms with van der Waals surface area (Å²) < 4.78 is 0. The number of nitrogens with zero attached hydrogens (tertiary/aromatic N) is 3. The molecule has 0 amide bonds. The summed E-state index contributed by atoms with van der Waals surface area (Å²) in [7, 11) is 0. The number of benzene rings is 2. The van der Waals surface area contributed by atoms with Gasteiger partial charge in [0.15, 0.2) is 0 Å². The van der Waals surface area contributed by atoms with Gasteiger partial charge < -0.3 is 10.6 Å². The van der Waals surface area contributed by atoms with Crippen LogP contribution < -0.4 is 10.6 Å². The average Bonchev–Trinajstić information content (AvgIpc) is 3.03. The van der Waals surface area contributed by atoms with Crippen molar-refractivity contribution < 1.29 is 0 Å². The van der Waals surface area contributed by atoms with E-state index in [0.717, 1.165) is 17.8 Å². The quantitative estimate of drug-likeness (QED) is 0.733. The second-order valence-electron chi connectivity index (χ2n) is 5.70. The maximum atomic E-state index is 6.03. The Morgan fingerprint density at radius 3 is 2.25 bits per heavy atom. The Bertz CT molecular complexity index is 867. The van der Waals surface area contributed by atoms with E-state index in [-0.39, 0.29) is 5.28 Å². The second-order valence-corrected chi connectivity index (χ2v) is 6.04. The van der Waals surface area contributed by atoms with Gasteiger partial charge in [-0.3, -0.25) is 0 Å². The number of halogens is 1. The summed E-state index contributed by atoms with van der Waals surface area (Å²) in [6.07, 6.45) is 3.52. The second kappa shape index (κ2) is 6.45. The number of aromatic nitrogens is 3. The summed E-state index contributed by atoms with van der Waals surface area (Å²) in [6.45, 7) is 0. The van der Waals surface area contributed by atoms with Crippen LogP contribution in [-0.4, -0.2) is 15.0 Å². The minimum absolute atomic E-state index is 0.145. The van der Waals surface area contributed by atoms with E-state index in [9.17, 15) is 0 Å². The zero-order valence-corrected chi connectivity index (χ0v) is 13.7. The first-order chi connectivity index (χ1) is 11.8. The van der Waals surface area contributed by atoms with Gasteiger partial charge in [0.05, 0.1) is 0 Å². The molecule has 0 unspecified atom stereocenters. The molecule has 0 saturated carbocycles. The van der Waals surface area contributed by atoms with Crippen LogP contribution >= 0.6 is 11.6 Å². The molecule has 5 nitrogen and oxygen atoms in total. The van der Waals surface area contributed by atoms with Crippen molar-refractivity contribution >= 4 is 34.9 Å². The van der Waals surface area contributed by atoms with Gasteiger partial charge in [-0.2, -0.15) is 15.0 Å². The summed E-state index contributed by atoms with van der Waals surface area (Å²) in [4.78, 5) is 12.7. The van der Waals surface area contributed by atoms with Crippen molar-refractivity contribution in [2.45, 2.75) is 19.3 Å². The van der Waals surface area contributed by atoms with Crippen LogP contribution in [0.4, 0.5) is 23.3 Å². The molecule has 3 aromatic rings. The Labute approximate surface area is 145 Å². The predicted octanol–water partition coefficient (Wildman–Crippen LogP) is 4.50. The molecule has 2 N–H and O–H groups in total. The molecule has 0 spiro atoms. The maximum absolute atomic E-state index is 6.03. The molecule has 24 heavy (non-hydrogen) atoms. The van der Waals surface area contributed by atoms with Gasteiger partial charge in [0.1, 0.15) is 0 Å². The molecule has 0 fully saturated rings. The lowest BCUT2D eigenvalue weighted by Gasteiger charge is -2.09. The highest BCUT2D eigenvalue weighted by Crippen LogP contribution is 2.26. The molecule has 1 heterocycles. The minimum atomic E-state index is 0.145. The fraction of sp³-hybridized carbons (Fsp3) is 0.167. The van der Waals surface area contributed by atoms with E-state index < -0.39 is 0 Å². The molecule has 0 bridgehead atoms. The minimum Gasteiger partial charge on any atom is -0.324 e. The summed E-state index contributed by atoms with van der Waals surface area (Å²) in [6, 6.07) is 16.1. The van der Waals surface area contributed by atoms with Gasteiger partial charge in [0.25, 0.3) is 0 Å². The number of rotatable bonds is 4. The Balaban J connectivity index is 1.57. The van der Waals surface area contributed by atoms with Crippen LogP contribution in [0.3, 0.4) is 0 Å². The first-order valence-corrected chi connectivity index (χ1v) is 8.26. The molecule has 0 atom stereocenters. The molecule has 0 aliphatic heterocycles. The number of anilines is 4. The molecule has 2 aromatic carbocycles. The van der Waals surface area contributed by atoms with Crippen molar-refractivity contribution in [1.82, 2.24) is 15.0 Å². The zero-order chi connectivity index (χ0) is 16.4. The first-order valence-electron chi connectivity index (χ1n) is 7.89. The zero-order valence-electron chi connectivity index (χ0n) is 13.0. The molecule has 6 heteroatoms. The van der Waals surface area contributed by atoms with Gasteiger partial charge in [-0.1, -0.05) is 24.3 Å². The fourth-order valence-corrected chi connectivity index (χ4v) is 3.05. The predicted molar refractivity (Wildman–Crippen MR) is 96.3 cm³/mol. The lowest BCUT2D eigenvalue weighted by Crippen LogP contribution is -2.04. The SMILES string of the molecule is Clc1nc(Nc2ccccc2)nc(Nc2ccc3c(c2)CCC3)n1. The van der Waals surface area contributed by atoms with E-state index in [1.54, 1.807) is 0 Å². The normalized spacial score (nSPS) is 12.7. The van der Waals surface area contributed by atoms with Crippen LogP contribution in [0.5, 0.6) is 0 Å². The van der Waals surface area contributed by atoms with Gasteiger partial charge in [0, 0.05) is 11.4 Å². The van der Waals surface area contributed by atoms with Crippen LogP contribution in [0.2, 0.25) is 5.28 Å². The molecule has 0 radical (unpaired) electrons. The third kappa shape index (κ3) is 3.31. The van der Waals surface area contributed by atoms with Gasteiger partial charge in [-0.15, -0.1) is 0 Å². The molecule has 1 aliphatic rings. The van der Waals surface area contributed by atoms with E-state index in [4.69, 9.17) is 11.6 Å². The van der Waals surface area contributed by atoms with E-state index in [2.05, 4.69) is 37.7 Å². The first kappa shape index (κ1) is 14.9. The van der Waals surface area contributed by atoms with E-state index in [0.29, 0.717) is 11.9 Å². The maximum Gasteiger partial charge on any atom is 0.233 e. The van der Waals surface area contributed by atoms with Crippen LogP contribution in [0.1, 0.15) is 17.5 Å². The van der Waals surface area contributed by atoms with Crippen LogP contribution in [-0.2, 0) is 12.8 Å². The Hall–Kier alpha value is -2.66. The van der Waals surface area contributed by atoms with Crippen molar-refractivity contribution in [2.75, 3.05) is 10.6 Å². The topological polar surface area (TPSA) is 62.7 Å². The summed E-state index contributed by atoms with van der Waals surface area (Å²) in [5.41, 5.74) is 4.68. The molecular formula is C18H16ClN5. The van der Waals surface area contributed by atoms with Crippen molar-refractivity contribution in [3.05, 3.63) is 64.9 Å². The van der Waals surface area contributed by atoms with E-state index >= 15 is 0 Å². The number of aryl methyl sites for hydroxylation is 2. The average molecular weight is 338 g/mol. The molecule has 1 aliphatic carbocycles. The standard InChI is InChI=1S/C18H16ClN5/c19-16-22-17(20-14-7-2-1-3-8-14)24-18(23-16)21-15-10-9-12-5-4-6-13(12)11-15/h1-3,7-11H,4-6H2,(H2,20,21,22,23,24). The van der Waals surface area contributed by atoms with Gasteiger partial charge >= 0.3 is 0 Å². The Kier molecular flexibility index (Phi) is 4.01. The summed E-state index contributed by atoms with van der Waals surface area (Å²) in [5.74, 6) is 0.830. The van der Waals surface area contributed by atoms with Crippen molar-refractivity contribution in [3.8, 4) is 0 Å². The Morgan fingerprint density at radius 2 is 1.46 bits per heavy atom. The van der Waals surface area contributed by atoms with E-state index in [1.807, 2.05) is 36.4 Å². The highest BCUT2D eigenvalue weighted by molar-refractivity contribution is 6.28. The lowest BCUT2D eigenvalue weighted by atomic mass is 10.1.